The number of hydrogen-bond acceptors (Lipinski definition) is 8. The van der Waals surface area contributed by atoms with Crippen LogP contribution in [0.5, 0.6) is 0 Å². The first kappa shape index (κ1) is 43.6. The summed E-state index contributed by atoms with van der Waals surface area (Å²) in [6, 6.07) is 6.60. The predicted octanol–water partition coefficient (Wildman–Crippen LogP) is 6.02. The number of amides is 4. The summed E-state index contributed by atoms with van der Waals surface area (Å²) < 4.78 is 0. The van der Waals surface area contributed by atoms with Crippen LogP contribution < -0.4 is 16.0 Å². The number of carbonyl (C=O) groups is 6. The molecule has 0 radical (unpaired) electrons. The Morgan fingerprint density at radius 2 is 1.60 bits per heavy atom. The summed E-state index contributed by atoms with van der Waals surface area (Å²) in [7, 11) is 0. The molecule has 12 heteroatoms. The summed E-state index contributed by atoms with van der Waals surface area (Å²) in [4.78, 5) is 93.1. The number of ketones is 2. The van der Waals surface area contributed by atoms with E-state index in [9.17, 15) is 28.8 Å². The zero-order chi connectivity index (χ0) is 41.4. The molecule has 1 aliphatic heterocycles. The average Bonchev–Trinajstić information content (AvgIpc) is 3.78. The number of aromatic nitrogens is 2. The summed E-state index contributed by atoms with van der Waals surface area (Å²) in [5.74, 6) is -3.12. The lowest BCUT2D eigenvalue weighted by Gasteiger charge is -2.39. The van der Waals surface area contributed by atoms with Gasteiger partial charge in [0.2, 0.25) is 17.6 Å². The zero-order valence-electron chi connectivity index (χ0n) is 35.0. The van der Waals surface area contributed by atoms with Crippen molar-refractivity contribution in [2.45, 2.75) is 137 Å². The molecular formula is C45H64N6O6. The number of hydrogen-bond donors (Lipinski definition) is 3. The van der Waals surface area contributed by atoms with Gasteiger partial charge >= 0.3 is 0 Å². The SMILES string of the molecule is CCC[C@@H](C(=O)C(=O)N[C@@H](C)c1ccccc1)C(C)C1CC[C@H]2CN(C(=O)[C@@H](NC(=O)[C@H](CC3CCCCC3)NC(=O)c3cnccn3)C(C)(C)C)[C@H](C(C)=O)C12. The highest BCUT2D eigenvalue weighted by atomic mass is 16.2. The van der Waals surface area contributed by atoms with Crippen LogP contribution in [0, 0.1) is 40.9 Å². The van der Waals surface area contributed by atoms with Crippen molar-refractivity contribution in [3.05, 3.63) is 60.2 Å². The summed E-state index contributed by atoms with van der Waals surface area (Å²) in [5, 5.41) is 8.85. The van der Waals surface area contributed by atoms with Crippen LogP contribution >= 0.6 is 0 Å². The molecule has 3 N–H and O–H groups in total. The normalized spacial score (nSPS) is 23.7. The van der Waals surface area contributed by atoms with Crippen LogP contribution in [0.1, 0.15) is 135 Å². The van der Waals surface area contributed by atoms with E-state index in [0.29, 0.717) is 19.4 Å². The number of Topliss-reactive ketones (excluding diaryl/α,β-unsaturated/α-hetero) is 2. The molecule has 3 aliphatic rings. The highest BCUT2D eigenvalue weighted by molar-refractivity contribution is 6.37. The third-order valence-electron chi connectivity index (χ3n) is 13.0. The molecule has 1 aromatic heterocycles. The van der Waals surface area contributed by atoms with Crippen LogP contribution in [-0.4, -0.2) is 74.7 Å². The van der Waals surface area contributed by atoms with E-state index < -0.39 is 53.0 Å². The highest BCUT2D eigenvalue weighted by Gasteiger charge is 2.56. The van der Waals surface area contributed by atoms with E-state index in [4.69, 9.17) is 0 Å². The summed E-state index contributed by atoms with van der Waals surface area (Å²) in [6.45, 7) is 13.5. The van der Waals surface area contributed by atoms with Crippen LogP contribution in [-0.2, 0) is 24.0 Å². The number of rotatable bonds is 16. The van der Waals surface area contributed by atoms with E-state index in [1.54, 1.807) is 4.90 Å². The van der Waals surface area contributed by atoms with Crippen molar-refractivity contribution in [3.63, 3.8) is 0 Å². The molecular weight excluding hydrogens is 721 g/mol. The second kappa shape index (κ2) is 19.3. The number of nitrogens with one attached hydrogen (secondary N) is 3. The molecule has 12 nitrogen and oxygen atoms in total. The molecule has 3 fully saturated rings. The van der Waals surface area contributed by atoms with E-state index in [1.807, 2.05) is 71.9 Å². The van der Waals surface area contributed by atoms with Gasteiger partial charge in [0.1, 0.15) is 17.8 Å². The minimum atomic E-state index is -0.978. The topological polar surface area (TPSA) is 168 Å². The second-order valence-electron chi connectivity index (χ2n) is 18.0. The number of fused-ring (bicyclic) bond motifs is 1. The maximum atomic E-state index is 14.8. The highest BCUT2D eigenvalue weighted by Crippen LogP contribution is 2.51. The van der Waals surface area contributed by atoms with Crippen molar-refractivity contribution in [1.82, 2.24) is 30.8 Å². The van der Waals surface area contributed by atoms with Crippen LogP contribution in [0.15, 0.2) is 48.9 Å². The van der Waals surface area contributed by atoms with Gasteiger partial charge in [0, 0.05) is 24.9 Å². The minimum absolute atomic E-state index is 0.0428. The average molecular weight is 785 g/mol. The lowest BCUT2D eigenvalue weighted by molar-refractivity contribution is -0.145. The molecule has 310 valence electrons. The monoisotopic (exact) mass is 784 g/mol. The van der Waals surface area contributed by atoms with E-state index >= 15 is 0 Å². The van der Waals surface area contributed by atoms with Gasteiger partial charge in [-0.05, 0) is 80.1 Å². The van der Waals surface area contributed by atoms with Gasteiger partial charge in [0.15, 0.2) is 5.78 Å². The lowest BCUT2D eigenvalue weighted by Crippen LogP contribution is -2.60. The van der Waals surface area contributed by atoms with Crippen molar-refractivity contribution in [2.75, 3.05) is 6.54 Å². The maximum Gasteiger partial charge on any atom is 0.288 e. The number of benzene rings is 1. The third-order valence-corrected chi connectivity index (χ3v) is 13.0. The predicted molar refractivity (Wildman–Crippen MR) is 217 cm³/mol. The van der Waals surface area contributed by atoms with Crippen molar-refractivity contribution in [2.24, 2.45) is 40.9 Å². The first-order chi connectivity index (χ1) is 27.1. The zero-order valence-corrected chi connectivity index (χ0v) is 35.0. The third kappa shape index (κ3) is 10.5. The Labute approximate surface area is 338 Å². The van der Waals surface area contributed by atoms with Crippen LogP contribution in [0.25, 0.3) is 0 Å². The van der Waals surface area contributed by atoms with Gasteiger partial charge in [-0.2, -0.15) is 0 Å². The quantitative estimate of drug-likeness (QED) is 0.174. The van der Waals surface area contributed by atoms with Gasteiger partial charge in [0.25, 0.3) is 11.8 Å². The Hall–Kier alpha value is -4.48. The molecule has 1 saturated heterocycles. The van der Waals surface area contributed by atoms with Gasteiger partial charge in [-0.25, -0.2) is 4.98 Å². The van der Waals surface area contributed by atoms with Crippen molar-refractivity contribution >= 4 is 35.2 Å². The van der Waals surface area contributed by atoms with E-state index in [2.05, 4.69) is 25.9 Å². The minimum Gasteiger partial charge on any atom is -0.343 e. The van der Waals surface area contributed by atoms with Gasteiger partial charge in [0.05, 0.1) is 18.3 Å². The molecule has 2 aromatic rings. The largest absolute Gasteiger partial charge is 0.343 e. The maximum absolute atomic E-state index is 14.8. The van der Waals surface area contributed by atoms with Crippen LogP contribution in [0.4, 0.5) is 0 Å². The first-order valence-corrected chi connectivity index (χ1v) is 21.2. The van der Waals surface area contributed by atoms with Crippen molar-refractivity contribution < 1.29 is 28.8 Å². The van der Waals surface area contributed by atoms with Gasteiger partial charge in [-0.3, -0.25) is 33.8 Å². The second-order valence-corrected chi connectivity index (χ2v) is 18.0. The fourth-order valence-corrected chi connectivity index (χ4v) is 9.95. The molecule has 2 heterocycles. The number of carbonyl (C=O) groups excluding carboxylic acids is 6. The van der Waals surface area contributed by atoms with Crippen LogP contribution in [0.3, 0.4) is 0 Å². The Morgan fingerprint density at radius 1 is 0.895 bits per heavy atom. The molecule has 2 aliphatic carbocycles. The molecule has 4 amide bonds. The van der Waals surface area contributed by atoms with Crippen LogP contribution in [0.2, 0.25) is 0 Å². The molecule has 1 aromatic carbocycles. The lowest BCUT2D eigenvalue weighted by atomic mass is 9.71. The Morgan fingerprint density at radius 3 is 2.21 bits per heavy atom. The Balaban J connectivity index is 1.34. The fourth-order valence-electron chi connectivity index (χ4n) is 9.95. The summed E-state index contributed by atoms with van der Waals surface area (Å²) in [6.07, 6.45) is 12.8. The molecule has 0 spiro atoms. The smallest absolute Gasteiger partial charge is 0.288 e. The van der Waals surface area contributed by atoms with E-state index in [0.717, 1.165) is 56.9 Å². The van der Waals surface area contributed by atoms with E-state index in [1.165, 1.54) is 25.5 Å². The Bertz CT molecular complexity index is 1720. The molecule has 3 unspecified atom stereocenters. The molecule has 2 saturated carbocycles. The standard InChI is InChI=1S/C45H64N6O6/c1-8-15-34(39(53)43(56)48-28(3)31-18-13-10-14-19-31)27(2)33-21-20-32-26-51(38(29(4)52)37(32)33)44(57)40(45(5,6)7)50-41(54)35(24-30-16-11-9-12-17-30)49-42(55)36-25-46-22-23-47-36/h10,13-14,18-19,22-23,25,27-28,30,32-35,37-38,40H,8-9,11-12,15-17,20-21,24,26H2,1-7H3,(H,48,56)(H,49,55)(H,50,54)/t27?,28-,32-,33?,34+,35-,37?,38+,40+/m0/s1. The molecule has 57 heavy (non-hydrogen) atoms. The van der Waals surface area contributed by atoms with Gasteiger partial charge < -0.3 is 20.9 Å². The van der Waals surface area contributed by atoms with E-state index in [-0.39, 0.29) is 53.0 Å². The first-order valence-electron chi connectivity index (χ1n) is 21.2. The van der Waals surface area contributed by atoms with Crippen molar-refractivity contribution in [3.8, 4) is 0 Å². The van der Waals surface area contributed by atoms with Crippen molar-refractivity contribution in [1.29, 1.82) is 0 Å². The summed E-state index contributed by atoms with van der Waals surface area (Å²) in [5.41, 5.74) is 0.282. The molecule has 5 rings (SSSR count). The molecule has 0 bridgehead atoms. The van der Waals surface area contributed by atoms with Gasteiger partial charge in [-0.15, -0.1) is 0 Å². The molecule has 9 atom stereocenters. The fraction of sp³-hybridized carbons (Fsp3) is 0.644. The van der Waals surface area contributed by atoms with Gasteiger partial charge in [-0.1, -0.05) is 103 Å². The summed E-state index contributed by atoms with van der Waals surface area (Å²) >= 11 is 0. The Kier molecular flexibility index (Phi) is 14.8. The number of nitrogens with zero attached hydrogens (tertiary/aromatic N) is 3. The number of likely N-dealkylation sites (tertiary alicyclic amines) is 1.